The third-order valence-electron chi connectivity index (χ3n) is 6.94. The lowest BCUT2D eigenvalue weighted by atomic mass is 9.96. The number of amides is 2. The Labute approximate surface area is 201 Å². The van der Waals surface area contributed by atoms with E-state index < -0.39 is 24.0 Å². The summed E-state index contributed by atoms with van der Waals surface area (Å²) in [6.07, 6.45) is 2.48. The van der Waals surface area contributed by atoms with Crippen molar-refractivity contribution in [3.63, 3.8) is 0 Å². The Bertz CT molecular complexity index is 1250. The SMILES string of the molecule is O=C(COC(=O)C12CCC(=O)N1c1ccccc1C(=O)N2C1CC1)c1ccc2c(c1)OCCCO2. The van der Waals surface area contributed by atoms with E-state index in [1.165, 1.54) is 9.80 Å². The Balaban J connectivity index is 1.28. The third kappa shape index (κ3) is 3.37. The number of carbonyl (C=O) groups is 4. The molecule has 3 heterocycles. The zero-order valence-corrected chi connectivity index (χ0v) is 19.0. The summed E-state index contributed by atoms with van der Waals surface area (Å²) in [6, 6.07) is 11.5. The van der Waals surface area contributed by atoms with E-state index in [2.05, 4.69) is 0 Å². The summed E-state index contributed by atoms with van der Waals surface area (Å²) in [5.41, 5.74) is -0.457. The van der Waals surface area contributed by atoms with Crippen molar-refractivity contribution in [2.24, 2.45) is 0 Å². The van der Waals surface area contributed by atoms with E-state index in [0.717, 1.165) is 19.3 Å². The first kappa shape index (κ1) is 21.6. The molecule has 4 aliphatic rings. The highest BCUT2D eigenvalue weighted by Crippen LogP contribution is 2.49. The molecule has 1 saturated heterocycles. The Hall–Kier alpha value is -3.88. The molecule has 0 radical (unpaired) electrons. The van der Waals surface area contributed by atoms with Crippen LogP contribution in [0.2, 0.25) is 0 Å². The third-order valence-corrected chi connectivity index (χ3v) is 6.94. The molecule has 1 unspecified atom stereocenters. The summed E-state index contributed by atoms with van der Waals surface area (Å²) in [7, 11) is 0. The molecule has 35 heavy (non-hydrogen) atoms. The zero-order valence-electron chi connectivity index (χ0n) is 19.0. The first-order valence-electron chi connectivity index (χ1n) is 11.9. The van der Waals surface area contributed by atoms with Gasteiger partial charge in [0.25, 0.3) is 5.91 Å². The van der Waals surface area contributed by atoms with Gasteiger partial charge in [-0.1, -0.05) is 12.1 Å². The lowest BCUT2D eigenvalue weighted by Gasteiger charge is -2.48. The molecule has 9 nitrogen and oxygen atoms in total. The maximum absolute atomic E-state index is 13.7. The van der Waals surface area contributed by atoms with Crippen LogP contribution in [0, 0.1) is 0 Å². The Morgan fingerprint density at radius 3 is 2.60 bits per heavy atom. The number of fused-ring (bicyclic) bond motifs is 4. The summed E-state index contributed by atoms with van der Waals surface area (Å²) in [5, 5.41) is 0. The number of Topliss-reactive ketones (excluding diaryl/α,β-unsaturated/α-hetero) is 1. The van der Waals surface area contributed by atoms with Gasteiger partial charge < -0.3 is 19.1 Å². The second-order valence-electron chi connectivity index (χ2n) is 9.18. The topological polar surface area (TPSA) is 102 Å². The first-order valence-corrected chi connectivity index (χ1v) is 11.9. The lowest BCUT2D eigenvalue weighted by Crippen LogP contribution is -2.69. The molecule has 0 N–H and O–H groups in total. The predicted molar refractivity (Wildman–Crippen MR) is 122 cm³/mol. The van der Waals surface area contributed by atoms with Gasteiger partial charge in [0.05, 0.1) is 24.5 Å². The largest absolute Gasteiger partial charge is 0.490 e. The average Bonchev–Trinajstić information content (AvgIpc) is 3.68. The van der Waals surface area contributed by atoms with Gasteiger partial charge in [-0.05, 0) is 43.2 Å². The number of carbonyl (C=O) groups excluding carboxylic acids is 4. The molecule has 0 bridgehead atoms. The van der Waals surface area contributed by atoms with Gasteiger partial charge in [-0.3, -0.25) is 19.3 Å². The quantitative estimate of drug-likeness (QED) is 0.483. The smallest absolute Gasteiger partial charge is 0.354 e. The molecule has 1 atom stereocenters. The number of nitrogens with zero attached hydrogens (tertiary/aromatic N) is 2. The lowest BCUT2D eigenvalue weighted by molar-refractivity contribution is -0.156. The minimum Gasteiger partial charge on any atom is -0.490 e. The van der Waals surface area contributed by atoms with E-state index in [9.17, 15) is 19.2 Å². The Kier molecular flexibility index (Phi) is 5.01. The molecule has 1 saturated carbocycles. The highest BCUT2D eigenvalue weighted by molar-refractivity contribution is 6.16. The molecule has 2 amide bonds. The van der Waals surface area contributed by atoms with E-state index in [4.69, 9.17) is 14.2 Å². The van der Waals surface area contributed by atoms with E-state index in [0.29, 0.717) is 41.5 Å². The van der Waals surface area contributed by atoms with Gasteiger partial charge in [0.1, 0.15) is 0 Å². The number of hydrogen-bond donors (Lipinski definition) is 0. The van der Waals surface area contributed by atoms with Gasteiger partial charge in [-0.2, -0.15) is 0 Å². The van der Waals surface area contributed by atoms with Crippen LogP contribution in [0.15, 0.2) is 42.5 Å². The number of benzene rings is 2. The molecule has 9 heteroatoms. The van der Waals surface area contributed by atoms with Crippen LogP contribution in [0.25, 0.3) is 0 Å². The van der Waals surface area contributed by atoms with Crippen LogP contribution in [0.1, 0.15) is 52.8 Å². The maximum atomic E-state index is 13.7. The molecule has 0 spiro atoms. The van der Waals surface area contributed by atoms with Crippen molar-refractivity contribution in [2.45, 2.75) is 43.8 Å². The fourth-order valence-corrected chi connectivity index (χ4v) is 5.18. The fourth-order valence-electron chi connectivity index (χ4n) is 5.18. The van der Waals surface area contributed by atoms with Gasteiger partial charge in [-0.15, -0.1) is 0 Å². The highest BCUT2D eigenvalue weighted by atomic mass is 16.5. The second-order valence-corrected chi connectivity index (χ2v) is 9.18. The van der Waals surface area contributed by atoms with Crippen LogP contribution in [0.5, 0.6) is 11.5 Å². The molecule has 0 aromatic heterocycles. The summed E-state index contributed by atoms with van der Waals surface area (Å²) in [4.78, 5) is 55.9. The predicted octanol–water partition coefficient (Wildman–Crippen LogP) is 2.72. The van der Waals surface area contributed by atoms with Crippen LogP contribution in [0.3, 0.4) is 0 Å². The number of para-hydroxylation sites is 1. The molecule has 2 aromatic rings. The molecule has 3 aliphatic heterocycles. The molecule has 2 aromatic carbocycles. The van der Waals surface area contributed by atoms with Crippen LogP contribution >= 0.6 is 0 Å². The highest BCUT2D eigenvalue weighted by Gasteiger charge is 2.64. The molecule has 2 fully saturated rings. The number of anilines is 1. The molecular weight excluding hydrogens is 452 g/mol. The van der Waals surface area contributed by atoms with Gasteiger partial charge in [-0.25, -0.2) is 4.79 Å². The van der Waals surface area contributed by atoms with Gasteiger partial charge >= 0.3 is 5.97 Å². The van der Waals surface area contributed by atoms with Crippen molar-refractivity contribution in [2.75, 3.05) is 24.7 Å². The number of hydrogen-bond acceptors (Lipinski definition) is 7. The molecule has 6 rings (SSSR count). The summed E-state index contributed by atoms with van der Waals surface area (Å²) in [6.45, 7) is 0.504. The monoisotopic (exact) mass is 476 g/mol. The minimum atomic E-state index is -1.57. The summed E-state index contributed by atoms with van der Waals surface area (Å²) in [5.74, 6) is -0.681. The van der Waals surface area contributed by atoms with E-state index >= 15 is 0 Å². The average molecular weight is 476 g/mol. The van der Waals surface area contributed by atoms with Crippen LogP contribution < -0.4 is 14.4 Å². The number of esters is 1. The Morgan fingerprint density at radius 1 is 1.03 bits per heavy atom. The maximum Gasteiger partial charge on any atom is 0.354 e. The summed E-state index contributed by atoms with van der Waals surface area (Å²) >= 11 is 0. The van der Waals surface area contributed by atoms with Gasteiger partial charge in [0.2, 0.25) is 11.6 Å². The first-order chi connectivity index (χ1) is 17.0. The van der Waals surface area contributed by atoms with Crippen molar-refractivity contribution in [1.29, 1.82) is 0 Å². The number of ether oxygens (including phenoxy) is 3. The Morgan fingerprint density at radius 2 is 1.80 bits per heavy atom. The minimum absolute atomic E-state index is 0.107. The van der Waals surface area contributed by atoms with Crippen LogP contribution in [0.4, 0.5) is 5.69 Å². The van der Waals surface area contributed by atoms with Crippen molar-refractivity contribution in [3.05, 3.63) is 53.6 Å². The molecule has 180 valence electrons. The normalized spacial score (nSPS) is 22.9. The van der Waals surface area contributed by atoms with Gasteiger partial charge in [0, 0.05) is 30.9 Å². The van der Waals surface area contributed by atoms with Crippen LogP contribution in [-0.4, -0.2) is 60.0 Å². The van der Waals surface area contributed by atoms with Crippen molar-refractivity contribution >= 4 is 29.3 Å². The van der Waals surface area contributed by atoms with Crippen molar-refractivity contribution in [1.82, 2.24) is 4.90 Å². The zero-order chi connectivity index (χ0) is 24.2. The number of ketones is 1. The van der Waals surface area contributed by atoms with Crippen LogP contribution in [-0.2, 0) is 14.3 Å². The molecule has 1 aliphatic carbocycles. The van der Waals surface area contributed by atoms with E-state index in [-0.39, 0.29) is 30.7 Å². The second kappa shape index (κ2) is 8.11. The molecular formula is C26H24N2O7. The van der Waals surface area contributed by atoms with Gasteiger partial charge in [0.15, 0.2) is 23.9 Å². The standard InChI is InChI=1S/C26H24N2O7/c29-20(16-6-9-21-22(14-16)34-13-3-12-33-21)15-35-25(32)26-11-10-23(30)28(26)19-5-2-1-4-18(19)24(31)27(26)17-7-8-17/h1-2,4-6,9,14,17H,3,7-8,10-13,15H2. The van der Waals surface area contributed by atoms with E-state index in [1.807, 2.05) is 0 Å². The van der Waals surface area contributed by atoms with Crippen molar-refractivity contribution < 1.29 is 33.4 Å². The summed E-state index contributed by atoms with van der Waals surface area (Å²) < 4.78 is 16.8. The van der Waals surface area contributed by atoms with E-state index in [1.54, 1.807) is 42.5 Å². The fraction of sp³-hybridized carbons (Fsp3) is 0.385. The number of rotatable bonds is 5. The van der Waals surface area contributed by atoms with Crippen molar-refractivity contribution in [3.8, 4) is 11.5 Å².